The Morgan fingerprint density at radius 1 is 1.47 bits per heavy atom. The molecule has 1 aromatic heterocycles. The summed E-state index contributed by atoms with van der Waals surface area (Å²) in [6.07, 6.45) is 2.51. The van der Waals surface area contributed by atoms with Gasteiger partial charge in [-0.2, -0.15) is 4.98 Å². The van der Waals surface area contributed by atoms with E-state index in [-0.39, 0.29) is 6.61 Å². The van der Waals surface area contributed by atoms with Crippen LogP contribution in [0.25, 0.3) is 0 Å². The quantitative estimate of drug-likeness (QED) is 0.754. The summed E-state index contributed by atoms with van der Waals surface area (Å²) < 4.78 is 0. The predicted molar refractivity (Wildman–Crippen MR) is 70.4 cm³/mol. The third-order valence-electron chi connectivity index (χ3n) is 2.45. The van der Waals surface area contributed by atoms with Gasteiger partial charge in [0.2, 0.25) is 5.95 Å². The molecule has 0 aliphatic carbocycles. The highest BCUT2D eigenvalue weighted by Crippen LogP contribution is 2.15. The lowest BCUT2D eigenvalue weighted by atomic mass is 10.3. The van der Waals surface area contributed by atoms with Crippen molar-refractivity contribution in [2.24, 2.45) is 0 Å². The normalized spacial score (nSPS) is 10.6. The SMILES string of the molecule is CCNc1nccc(N(CCCO)C(C)C)n1. The molecule has 0 bridgehead atoms. The van der Waals surface area contributed by atoms with Crippen molar-refractivity contribution in [3.05, 3.63) is 12.3 Å². The highest BCUT2D eigenvalue weighted by molar-refractivity contribution is 5.43. The Morgan fingerprint density at radius 3 is 2.82 bits per heavy atom. The maximum absolute atomic E-state index is 8.91. The fourth-order valence-electron chi connectivity index (χ4n) is 1.63. The molecule has 0 aliphatic rings. The first kappa shape index (κ1) is 13.7. The van der Waals surface area contributed by atoms with E-state index in [0.29, 0.717) is 12.0 Å². The first-order valence-corrected chi connectivity index (χ1v) is 6.13. The predicted octanol–water partition coefficient (Wildman–Crippen LogP) is 1.51. The van der Waals surface area contributed by atoms with E-state index in [1.165, 1.54) is 0 Å². The third-order valence-corrected chi connectivity index (χ3v) is 2.45. The van der Waals surface area contributed by atoms with Gasteiger partial charge in [0.25, 0.3) is 0 Å². The van der Waals surface area contributed by atoms with Crippen LogP contribution in [0, 0.1) is 0 Å². The van der Waals surface area contributed by atoms with Gasteiger partial charge in [0.05, 0.1) is 0 Å². The van der Waals surface area contributed by atoms with Gasteiger partial charge in [-0.1, -0.05) is 0 Å². The number of rotatable bonds is 7. The van der Waals surface area contributed by atoms with E-state index < -0.39 is 0 Å². The van der Waals surface area contributed by atoms with E-state index in [4.69, 9.17) is 5.11 Å². The molecule has 0 saturated carbocycles. The summed E-state index contributed by atoms with van der Waals surface area (Å²) in [5.41, 5.74) is 0. The van der Waals surface area contributed by atoms with E-state index in [0.717, 1.165) is 25.3 Å². The minimum atomic E-state index is 0.203. The number of nitrogens with one attached hydrogen (secondary N) is 1. The molecule has 0 aromatic carbocycles. The van der Waals surface area contributed by atoms with E-state index in [9.17, 15) is 0 Å². The Kier molecular flexibility index (Phi) is 5.69. The van der Waals surface area contributed by atoms with Crippen molar-refractivity contribution in [3.63, 3.8) is 0 Å². The van der Waals surface area contributed by atoms with Crippen molar-refractivity contribution < 1.29 is 5.11 Å². The van der Waals surface area contributed by atoms with Crippen LogP contribution in [0.15, 0.2) is 12.3 Å². The standard InChI is InChI=1S/C12H22N4O/c1-4-13-12-14-7-6-11(15-12)16(10(2)3)8-5-9-17/h6-7,10,17H,4-5,8-9H2,1-3H3,(H,13,14,15). The van der Waals surface area contributed by atoms with Gasteiger partial charge in [-0.25, -0.2) is 4.98 Å². The van der Waals surface area contributed by atoms with Crippen molar-refractivity contribution in [1.29, 1.82) is 0 Å². The number of aliphatic hydroxyl groups is 1. The van der Waals surface area contributed by atoms with Gasteiger partial charge < -0.3 is 15.3 Å². The average molecular weight is 238 g/mol. The summed E-state index contributed by atoms with van der Waals surface area (Å²) >= 11 is 0. The second kappa shape index (κ2) is 7.06. The van der Waals surface area contributed by atoms with Crippen LogP contribution in [0.3, 0.4) is 0 Å². The summed E-state index contributed by atoms with van der Waals surface area (Å²) in [5, 5.41) is 12.0. The fourth-order valence-corrected chi connectivity index (χ4v) is 1.63. The first-order valence-electron chi connectivity index (χ1n) is 6.13. The van der Waals surface area contributed by atoms with Crippen LogP contribution in [0.1, 0.15) is 27.2 Å². The molecule has 0 fully saturated rings. The molecule has 1 aromatic rings. The largest absolute Gasteiger partial charge is 0.396 e. The van der Waals surface area contributed by atoms with Crippen LogP contribution in [0.5, 0.6) is 0 Å². The zero-order valence-electron chi connectivity index (χ0n) is 10.8. The van der Waals surface area contributed by atoms with Crippen LogP contribution in [-0.4, -0.2) is 40.8 Å². The smallest absolute Gasteiger partial charge is 0.224 e. The summed E-state index contributed by atoms with van der Waals surface area (Å²) in [7, 11) is 0. The monoisotopic (exact) mass is 238 g/mol. The zero-order chi connectivity index (χ0) is 12.7. The number of hydrogen-bond acceptors (Lipinski definition) is 5. The van der Waals surface area contributed by atoms with Crippen molar-refractivity contribution >= 4 is 11.8 Å². The molecule has 1 rings (SSSR count). The number of aromatic nitrogens is 2. The molecule has 5 heteroatoms. The maximum Gasteiger partial charge on any atom is 0.224 e. The Morgan fingerprint density at radius 2 is 2.24 bits per heavy atom. The van der Waals surface area contributed by atoms with Gasteiger partial charge in [-0.15, -0.1) is 0 Å². The van der Waals surface area contributed by atoms with Crippen LogP contribution in [0.2, 0.25) is 0 Å². The van der Waals surface area contributed by atoms with Crippen molar-refractivity contribution in [3.8, 4) is 0 Å². The Bertz CT molecular complexity index is 330. The van der Waals surface area contributed by atoms with Gasteiger partial charge in [0, 0.05) is 31.9 Å². The number of nitrogens with zero attached hydrogens (tertiary/aromatic N) is 3. The molecule has 0 saturated heterocycles. The molecule has 0 atom stereocenters. The Hall–Kier alpha value is -1.36. The molecule has 0 amide bonds. The van der Waals surface area contributed by atoms with E-state index in [1.807, 2.05) is 13.0 Å². The molecular weight excluding hydrogens is 216 g/mol. The molecule has 17 heavy (non-hydrogen) atoms. The van der Waals surface area contributed by atoms with Crippen LogP contribution < -0.4 is 10.2 Å². The third kappa shape index (κ3) is 4.19. The lowest BCUT2D eigenvalue weighted by Crippen LogP contribution is -2.33. The van der Waals surface area contributed by atoms with Gasteiger partial charge >= 0.3 is 0 Å². The highest BCUT2D eigenvalue weighted by atomic mass is 16.3. The molecule has 5 nitrogen and oxygen atoms in total. The van der Waals surface area contributed by atoms with Crippen LogP contribution in [0.4, 0.5) is 11.8 Å². The molecular formula is C12H22N4O. The van der Waals surface area contributed by atoms with Gasteiger partial charge in [0.1, 0.15) is 5.82 Å². The highest BCUT2D eigenvalue weighted by Gasteiger charge is 2.12. The average Bonchev–Trinajstić information content (AvgIpc) is 2.30. The number of anilines is 2. The van der Waals surface area contributed by atoms with Crippen LogP contribution >= 0.6 is 0 Å². The minimum Gasteiger partial charge on any atom is -0.396 e. The Labute approximate surface area is 103 Å². The molecule has 0 unspecified atom stereocenters. The fraction of sp³-hybridized carbons (Fsp3) is 0.667. The van der Waals surface area contributed by atoms with Crippen molar-refractivity contribution in [2.75, 3.05) is 29.9 Å². The summed E-state index contributed by atoms with van der Waals surface area (Å²) in [4.78, 5) is 10.8. The molecule has 0 spiro atoms. The number of hydrogen-bond donors (Lipinski definition) is 2. The van der Waals surface area contributed by atoms with E-state index >= 15 is 0 Å². The molecule has 0 radical (unpaired) electrons. The van der Waals surface area contributed by atoms with Crippen LogP contribution in [-0.2, 0) is 0 Å². The van der Waals surface area contributed by atoms with E-state index in [2.05, 4.69) is 34.0 Å². The lowest BCUT2D eigenvalue weighted by Gasteiger charge is -2.27. The second-order valence-corrected chi connectivity index (χ2v) is 4.13. The van der Waals surface area contributed by atoms with Gasteiger partial charge in [0.15, 0.2) is 0 Å². The topological polar surface area (TPSA) is 61.3 Å². The van der Waals surface area contributed by atoms with Crippen molar-refractivity contribution in [1.82, 2.24) is 9.97 Å². The molecule has 0 aliphatic heterocycles. The van der Waals surface area contributed by atoms with E-state index in [1.54, 1.807) is 6.20 Å². The first-order chi connectivity index (χ1) is 8.19. The zero-order valence-corrected chi connectivity index (χ0v) is 10.8. The molecule has 1 heterocycles. The summed E-state index contributed by atoms with van der Waals surface area (Å²) in [6, 6.07) is 2.25. The van der Waals surface area contributed by atoms with Crippen molar-refractivity contribution in [2.45, 2.75) is 33.2 Å². The second-order valence-electron chi connectivity index (χ2n) is 4.13. The number of aliphatic hydroxyl groups excluding tert-OH is 1. The maximum atomic E-state index is 8.91. The molecule has 96 valence electrons. The summed E-state index contributed by atoms with van der Waals surface area (Å²) in [6.45, 7) is 8.06. The van der Waals surface area contributed by atoms with Gasteiger partial charge in [-0.05, 0) is 33.3 Å². The minimum absolute atomic E-state index is 0.203. The molecule has 2 N–H and O–H groups in total. The lowest BCUT2D eigenvalue weighted by molar-refractivity contribution is 0.288. The Balaban J connectivity index is 2.81. The summed E-state index contributed by atoms with van der Waals surface area (Å²) in [5.74, 6) is 1.55. The van der Waals surface area contributed by atoms with Gasteiger partial charge in [-0.3, -0.25) is 0 Å².